The van der Waals surface area contributed by atoms with E-state index in [1.165, 1.54) is 0 Å². The van der Waals surface area contributed by atoms with E-state index in [4.69, 9.17) is 4.74 Å². The molecule has 11 heteroatoms. The minimum absolute atomic E-state index is 0.00519. The number of carboxylic acids is 1. The SMILES string of the molecule is CC(C)(C)OC(=O)N1CCC(CCC(=O)N2CCC[C@@H](C(=O)NC[C@H](NC(=O)c3ccccc3)C(=O)O)C2)CC1. The summed E-state index contributed by atoms with van der Waals surface area (Å²) in [5, 5.41) is 14.6. The number of amides is 4. The fraction of sp³-hybridized carbons (Fsp3) is 0.621. The maximum atomic E-state index is 12.9. The maximum absolute atomic E-state index is 12.9. The number of rotatable bonds is 9. The summed E-state index contributed by atoms with van der Waals surface area (Å²) in [6.45, 7) is 7.39. The molecule has 2 aliphatic rings. The van der Waals surface area contributed by atoms with Crippen molar-refractivity contribution in [1.29, 1.82) is 0 Å². The molecule has 0 aliphatic carbocycles. The minimum atomic E-state index is -1.28. The second kappa shape index (κ2) is 14.1. The molecule has 2 heterocycles. The Morgan fingerprint density at radius 2 is 1.68 bits per heavy atom. The van der Waals surface area contributed by atoms with Gasteiger partial charge in [0.05, 0.1) is 5.92 Å². The summed E-state index contributed by atoms with van der Waals surface area (Å²) in [6, 6.07) is 6.98. The molecule has 1 aromatic carbocycles. The van der Waals surface area contributed by atoms with Gasteiger partial charge in [0, 0.05) is 44.7 Å². The molecule has 2 atom stereocenters. The zero-order valence-corrected chi connectivity index (χ0v) is 23.7. The van der Waals surface area contributed by atoms with Crippen LogP contribution < -0.4 is 10.6 Å². The number of nitrogens with zero attached hydrogens (tertiary/aromatic N) is 2. The van der Waals surface area contributed by atoms with Crippen molar-refractivity contribution in [1.82, 2.24) is 20.4 Å². The van der Waals surface area contributed by atoms with Crippen LogP contribution >= 0.6 is 0 Å². The van der Waals surface area contributed by atoms with Gasteiger partial charge in [-0.1, -0.05) is 18.2 Å². The summed E-state index contributed by atoms with van der Waals surface area (Å²) in [7, 11) is 0. The Morgan fingerprint density at radius 3 is 2.30 bits per heavy atom. The fourth-order valence-electron chi connectivity index (χ4n) is 5.01. The molecule has 2 aliphatic heterocycles. The zero-order valence-electron chi connectivity index (χ0n) is 23.7. The minimum Gasteiger partial charge on any atom is -0.480 e. The van der Waals surface area contributed by atoms with Crippen LogP contribution in [0.1, 0.15) is 69.7 Å². The molecule has 1 aromatic rings. The van der Waals surface area contributed by atoms with Crippen LogP contribution in [0.15, 0.2) is 30.3 Å². The molecule has 0 radical (unpaired) electrons. The van der Waals surface area contributed by atoms with Gasteiger partial charge in [0.25, 0.3) is 5.91 Å². The Hall–Kier alpha value is -3.63. The van der Waals surface area contributed by atoms with Crippen LogP contribution in [0, 0.1) is 11.8 Å². The predicted octanol–water partition coefficient (Wildman–Crippen LogP) is 2.65. The van der Waals surface area contributed by atoms with Gasteiger partial charge in [0.2, 0.25) is 11.8 Å². The highest BCUT2D eigenvalue weighted by molar-refractivity contribution is 5.96. The van der Waals surface area contributed by atoms with Crippen LogP contribution in [0.4, 0.5) is 4.79 Å². The van der Waals surface area contributed by atoms with Crippen molar-refractivity contribution in [3.63, 3.8) is 0 Å². The average molecular weight is 559 g/mol. The van der Waals surface area contributed by atoms with Crippen molar-refractivity contribution in [2.24, 2.45) is 11.8 Å². The third-order valence-electron chi connectivity index (χ3n) is 7.30. The molecule has 220 valence electrons. The quantitative estimate of drug-likeness (QED) is 0.422. The van der Waals surface area contributed by atoms with Crippen molar-refractivity contribution in [3.8, 4) is 0 Å². The van der Waals surface area contributed by atoms with E-state index in [2.05, 4.69) is 10.6 Å². The maximum Gasteiger partial charge on any atom is 0.410 e. The van der Waals surface area contributed by atoms with Crippen LogP contribution in [-0.4, -0.2) is 89.1 Å². The number of hydrogen-bond acceptors (Lipinski definition) is 6. The van der Waals surface area contributed by atoms with Gasteiger partial charge in [0.15, 0.2) is 0 Å². The van der Waals surface area contributed by atoms with Crippen molar-refractivity contribution < 1.29 is 33.8 Å². The van der Waals surface area contributed by atoms with Crippen molar-refractivity contribution >= 4 is 29.8 Å². The number of hydrogen-bond donors (Lipinski definition) is 3. The lowest BCUT2D eigenvalue weighted by atomic mass is 9.91. The summed E-state index contributed by atoms with van der Waals surface area (Å²) in [5.74, 6) is -2.19. The average Bonchev–Trinajstić information content (AvgIpc) is 2.93. The van der Waals surface area contributed by atoms with Gasteiger partial charge >= 0.3 is 12.1 Å². The molecule has 0 bridgehead atoms. The van der Waals surface area contributed by atoms with Gasteiger partial charge in [-0.05, 0) is 70.9 Å². The van der Waals surface area contributed by atoms with Gasteiger partial charge in [-0.2, -0.15) is 0 Å². The van der Waals surface area contributed by atoms with E-state index in [0.29, 0.717) is 50.4 Å². The molecule has 2 saturated heterocycles. The lowest BCUT2D eigenvalue weighted by molar-refractivity contribution is -0.139. The smallest absolute Gasteiger partial charge is 0.410 e. The molecule has 3 rings (SSSR count). The Bertz CT molecular complexity index is 1050. The van der Waals surface area contributed by atoms with E-state index >= 15 is 0 Å². The molecule has 0 unspecified atom stereocenters. The third kappa shape index (κ3) is 9.53. The van der Waals surface area contributed by atoms with E-state index < -0.39 is 29.4 Å². The number of likely N-dealkylation sites (tertiary alicyclic amines) is 2. The van der Waals surface area contributed by atoms with E-state index in [-0.39, 0.29) is 31.0 Å². The highest BCUT2D eigenvalue weighted by Gasteiger charge is 2.31. The highest BCUT2D eigenvalue weighted by Crippen LogP contribution is 2.25. The molecular weight excluding hydrogens is 516 g/mol. The molecule has 4 amide bonds. The largest absolute Gasteiger partial charge is 0.480 e. The predicted molar refractivity (Wildman–Crippen MR) is 147 cm³/mol. The van der Waals surface area contributed by atoms with Crippen molar-refractivity contribution in [2.45, 2.75) is 70.9 Å². The van der Waals surface area contributed by atoms with Crippen molar-refractivity contribution in [2.75, 3.05) is 32.7 Å². The lowest BCUT2D eigenvalue weighted by Crippen LogP contribution is -2.51. The Kier molecular flexibility index (Phi) is 10.9. The Labute approximate surface area is 235 Å². The summed E-state index contributed by atoms with van der Waals surface area (Å²) in [6.07, 6.45) is 3.76. The number of aliphatic carboxylic acids is 1. The molecule has 2 fully saturated rings. The van der Waals surface area contributed by atoms with Crippen LogP contribution in [0.3, 0.4) is 0 Å². The van der Waals surface area contributed by atoms with Crippen LogP contribution in [0.5, 0.6) is 0 Å². The summed E-state index contributed by atoms with van der Waals surface area (Å²) >= 11 is 0. The Balaban J connectivity index is 1.40. The van der Waals surface area contributed by atoms with Crippen LogP contribution in [0.2, 0.25) is 0 Å². The second-order valence-electron chi connectivity index (χ2n) is 11.6. The van der Waals surface area contributed by atoms with Crippen LogP contribution in [0.25, 0.3) is 0 Å². The molecule has 11 nitrogen and oxygen atoms in total. The topological polar surface area (TPSA) is 145 Å². The molecule has 0 aromatic heterocycles. The number of benzene rings is 1. The van der Waals surface area contributed by atoms with Crippen molar-refractivity contribution in [3.05, 3.63) is 35.9 Å². The van der Waals surface area contributed by atoms with Gasteiger partial charge in [0.1, 0.15) is 11.6 Å². The fourth-order valence-corrected chi connectivity index (χ4v) is 5.01. The van der Waals surface area contributed by atoms with Gasteiger partial charge in [-0.15, -0.1) is 0 Å². The lowest BCUT2D eigenvalue weighted by Gasteiger charge is -2.34. The number of carbonyl (C=O) groups excluding carboxylic acids is 4. The zero-order chi connectivity index (χ0) is 29.3. The standard InChI is InChI=1S/C29H42N4O7/c1-29(2,3)40-28(39)32-16-13-20(14-17-32)11-12-24(34)33-15-7-10-22(19-33)25(35)30-18-23(27(37)38)31-26(36)21-8-5-4-6-9-21/h4-6,8-9,20,22-23H,7,10-19H2,1-3H3,(H,30,35)(H,31,36)(H,37,38)/t22-,23+/m1/s1. The first-order chi connectivity index (χ1) is 18.9. The Morgan fingerprint density at radius 1 is 1.00 bits per heavy atom. The second-order valence-corrected chi connectivity index (χ2v) is 11.6. The summed E-state index contributed by atoms with van der Waals surface area (Å²) < 4.78 is 5.44. The molecule has 40 heavy (non-hydrogen) atoms. The number of carbonyl (C=O) groups is 5. The summed E-state index contributed by atoms with van der Waals surface area (Å²) in [5.41, 5.74) is -0.199. The van der Waals surface area contributed by atoms with Gasteiger partial charge in [-0.25, -0.2) is 9.59 Å². The molecule has 0 spiro atoms. The monoisotopic (exact) mass is 558 g/mol. The molecular formula is C29H42N4O7. The number of carboxylic acid groups (broad SMARTS) is 1. The van der Waals surface area contributed by atoms with E-state index in [1.807, 2.05) is 20.8 Å². The molecule has 0 saturated carbocycles. The van der Waals surface area contributed by atoms with E-state index in [0.717, 1.165) is 19.3 Å². The highest BCUT2D eigenvalue weighted by atomic mass is 16.6. The summed E-state index contributed by atoms with van der Waals surface area (Å²) in [4.78, 5) is 65.5. The number of ether oxygens (including phenoxy) is 1. The number of piperidine rings is 2. The van der Waals surface area contributed by atoms with Gasteiger partial charge < -0.3 is 30.3 Å². The molecule has 3 N–H and O–H groups in total. The van der Waals surface area contributed by atoms with E-state index in [9.17, 15) is 29.1 Å². The first kappa shape index (κ1) is 30.9. The normalized spacial score (nSPS) is 18.9. The van der Waals surface area contributed by atoms with Gasteiger partial charge in [-0.3, -0.25) is 14.4 Å². The first-order valence-corrected chi connectivity index (χ1v) is 14.0. The number of nitrogens with one attached hydrogen (secondary N) is 2. The van der Waals surface area contributed by atoms with E-state index in [1.54, 1.807) is 40.1 Å². The van der Waals surface area contributed by atoms with Crippen LogP contribution in [-0.2, 0) is 19.1 Å². The first-order valence-electron chi connectivity index (χ1n) is 14.0. The third-order valence-corrected chi connectivity index (χ3v) is 7.30.